The number of ether oxygens (including phenoxy) is 1. The monoisotopic (exact) mass is 264 g/mol. The number of benzene rings is 1. The van der Waals surface area contributed by atoms with Crippen molar-refractivity contribution in [3.63, 3.8) is 0 Å². The minimum Gasteiger partial charge on any atom is -0.465 e. The van der Waals surface area contributed by atoms with Gasteiger partial charge in [-0.1, -0.05) is 26.0 Å². The second-order valence-corrected chi connectivity index (χ2v) is 4.76. The molecule has 104 valence electrons. The SMILES string of the molecule is COC(=O)c1ccccc1NC(=O)[C@@H](N)CC(C)C. The van der Waals surface area contributed by atoms with Gasteiger partial charge in [0.1, 0.15) is 0 Å². The van der Waals surface area contributed by atoms with Crippen LogP contribution in [0.2, 0.25) is 0 Å². The first-order valence-electron chi connectivity index (χ1n) is 6.19. The number of esters is 1. The predicted molar refractivity (Wildman–Crippen MR) is 73.8 cm³/mol. The van der Waals surface area contributed by atoms with E-state index in [1.54, 1.807) is 24.3 Å². The Hall–Kier alpha value is -1.88. The third-order valence-electron chi connectivity index (χ3n) is 2.65. The molecule has 3 N–H and O–H groups in total. The number of hydrogen-bond donors (Lipinski definition) is 2. The van der Waals surface area contributed by atoms with Gasteiger partial charge < -0.3 is 15.8 Å². The van der Waals surface area contributed by atoms with Gasteiger partial charge in [0.25, 0.3) is 0 Å². The van der Waals surface area contributed by atoms with Crippen LogP contribution >= 0.6 is 0 Å². The summed E-state index contributed by atoms with van der Waals surface area (Å²) in [5.74, 6) is -0.463. The highest BCUT2D eigenvalue weighted by molar-refractivity contribution is 6.02. The molecule has 0 aliphatic carbocycles. The van der Waals surface area contributed by atoms with E-state index in [4.69, 9.17) is 5.73 Å². The lowest BCUT2D eigenvalue weighted by atomic mass is 10.0. The number of carbonyl (C=O) groups is 2. The first-order chi connectivity index (χ1) is 8.95. The van der Waals surface area contributed by atoms with Gasteiger partial charge in [0.15, 0.2) is 0 Å². The molecule has 5 heteroatoms. The highest BCUT2D eigenvalue weighted by atomic mass is 16.5. The van der Waals surface area contributed by atoms with Crippen LogP contribution in [0, 0.1) is 5.92 Å². The van der Waals surface area contributed by atoms with Gasteiger partial charge in [-0.05, 0) is 24.5 Å². The van der Waals surface area contributed by atoms with Gasteiger partial charge in [0.2, 0.25) is 5.91 Å². The Balaban J connectivity index is 2.82. The quantitative estimate of drug-likeness (QED) is 0.794. The van der Waals surface area contributed by atoms with Gasteiger partial charge >= 0.3 is 5.97 Å². The average Bonchev–Trinajstić information content (AvgIpc) is 2.37. The Morgan fingerprint density at radius 3 is 2.53 bits per heavy atom. The third-order valence-corrected chi connectivity index (χ3v) is 2.65. The summed E-state index contributed by atoms with van der Waals surface area (Å²) < 4.78 is 4.66. The highest BCUT2D eigenvalue weighted by Crippen LogP contribution is 2.16. The second-order valence-electron chi connectivity index (χ2n) is 4.76. The van der Waals surface area contributed by atoms with Crippen molar-refractivity contribution in [3.05, 3.63) is 29.8 Å². The van der Waals surface area contributed by atoms with Gasteiger partial charge in [0, 0.05) is 0 Å². The zero-order chi connectivity index (χ0) is 14.4. The van der Waals surface area contributed by atoms with Crippen molar-refractivity contribution in [2.45, 2.75) is 26.3 Å². The number of methoxy groups -OCH3 is 1. The average molecular weight is 264 g/mol. The number of amides is 1. The van der Waals surface area contributed by atoms with Crippen molar-refractivity contribution in [1.29, 1.82) is 0 Å². The molecule has 0 unspecified atom stereocenters. The molecule has 1 rings (SSSR count). The highest BCUT2D eigenvalue weighted by Gasteiger charge is 2.18. The van der Waals surface area contributed by atoms with Gasteiger partial charge in [-0.25, -0.2) is 4.79 Å². The first-order valence-corrected chi connectivity index (χ1v) is 6.19. The van der Waals surface area contributed by atoms with Crippen LogP contribution < -0.4 is 11.1 Å². The topological polar surface area (TPSA) is 81.4 Å². The van der Waals surface area contributed by atoms with Crippen molar-refractivity contribution in [3.8, 4) is 0 Å². The lowest BCUT2D eigenvalue weighted by Gasteiger charge is -2.15. The van der Waals surface area contributed by atoms with Crippen molar-refractivity contribution >= 4 is 17.6 Å². The molecule has 19 heavy (non-hydrogen) atoms. The number of nitrogens with two attached hydrogens (primary N) is 1. The van der Waals surface area contributed by atoms with Crippen LogP contribution in [0.25, 0.3) is 0 Å². The van der Waals surface area contributed by atoms with Crippen molar-refractivity contribution in [2.24, 2.45) is 11.7 Å². The Kier molecular flexibility index (Phi) is 5.51. The van der Waals surface area contributed by atoms with Crippen LogP contribution in [0.4, 0.5) is 5.69 Å². The number of hydrogen-bond acceptors (Lipinski definition) is 4. The molecule has 0 fully saturated rings. The minimum absolute atomic E-state index is 0.301. The zero-order valence-corrected chi connectivity index (χ0v) is 11.5. The van der Waals surface area contributed by atoms with E-state index in [2.05, 4.69) is 10.1 Å². The predicted octanol–water partition coefficient (Wildman–Crippen LogP) is 1.79. The van der Waals surface area contributed by atoms with E-state index >= 15 is 0 Å². The third kappa shape index (κ3) is 4.37. The molecular formula is C14H20N2O3. The van der Waals surface area contributed by atoms with Crippen molar-refractivity contribution < 1.29 is 14.3 Å². The number of rotatable bonds is 5. The summed E-state index contributed by atoms with van der Waals surface area (Å²) in [6, 6.07) is 6.08. The Labute approximate surface area is 113 Å². The van der Waals surface area contributed by atoms with Crippen molar-refractivity contribution in [1.82, 2.24) is 0 Å². The van der Waals surface area contributed by atoms with Crippen LogP contribution in [-0.2, 0) is 9.53 Å². The largest absolute Gasteiger partial charge is 0.465 e. The molecule has 0 aliphatic heterocycles. The number of carbonyl (C=O) groups excluding carboxylic acids is 2. The van der Waals surface area contributed by atoms with E-state index in [0.29, 0.717) is 23.6 Å². The molecule has 1 atom stereocenters. The van der Waals surface area contributed by atoms with Gasteiger partial charge in [-0.2, -0.15) is 0 Å². The van der Waals surface area contributed by atoms with E-state index in [1.165, 1.54) is 7.11 Å². The molecule has 0 aromatic heterocycles. The van der Waals surface area contributed by atoms with Gasteiger partial charge in [0.05, 0.1) is 24.4 Å². The molecule has 5 nitrogen and oxygen atoms in total. The molecule has 0 saturated heterocycles. The van der Waals surface area contributed by atoms with Gasteiger partial charge in [-0.3, -0.25) is 4.79 Å². The Morgan fingerprint density at radius 2 is 1.95 bits per heavy atom. The summed E-state index contributed by atoms with van der Waals surface area (Å²) >= 11 is 0. The molecule has 0 aliphatic rings. The maximum Gasteiger partial charge on any atom is 0.339 e. The maximum absolute atomic E-state index is 11.9. The summed E-state index contributed by atoms with van der Waals surface area (Å²) in [7, 11) is 1.30. The molecule has 0 saturated carbocycles. The molecule has 1 amide bonds. The number of anilines is 1. The van der Waals surface area contributed by atoms with Crippen LogP contribution in [0.5, 0.6) is 0 Å². The van der Waals surface area contributed by atoms with E-state index < -0.39 is 12.0 Å². The van der Waals surface area contributed by atoms with Crippen LogP contribution in [0.15, 0.2) is 24.3 Å². The summed E-state index contributed by atoms with van der Waals surface area (Å²) in [4.78, 5) is 23.5. The molecular weight excluding hydrogens is 244 g/mol. The molecule has 1 aromatic carbocycles. The number of nitrogens with one attached hydrogen (secondary N) is 1. The first kappa shape index (κ1) is 15.2. The van der Waals surface area contributed by atoms with E-state index in [1.807, 2.05) is 13.8 Å². The minimum atomic E-state index is -0.592. The summed E-state index contributed by atoms with van der Waals surface area (Å²) in [6.07, 6.45) is 0.590. The summed E-state index contributed by atoms with van der Waals surface area (Å²) in [5.41, 5.74) is 6.53. The maximum atomic E-state index is 11.9. The normalized spacial score (nSPS) is 12.1. The second kappa shape index (κ2) is 6.89. The number of para-hydroxylation sites is 1. The fourth-order valence-electron chi connectivity index (χ4n) is 1.72. The van der Waals surface area contributed by atoms with E-state index in [9.17, 15) is 9.59 Å². The van der Waals surface area contributed by atoms with Crippen molar-refractivity contribution in [2.75, 3.05) is 12.4 Å². The lowest BCUT2D eigenvalue weighted by Crippen LogP contribution is -2.37. The zero-order valence-electron chi connectivity index (χ0n) is 11.5. The smallest absolute Gasteiger partial charge is 0.339 e. The van der Waals surface area contributed by atoms with E-state index in [-0.39, 0.29) is 5.91 Å². The van der Waals surface area contributed by atoms with Crippen LogP contribution in [0.3, 0.4) is 0 Å². The summed E-state index contributed by atoms with van der Waals surface area (Å²) in [6.45, 7) is 3.99. The Morgan fingerprint density at radius 1 is 1.32 bits per heavy atom. The van der Waals surface area contributed by atoms with Crippen LogP contribution in [-0.4, -0.2) is 25.0 Å². The molecule has 0 heterocycles. The van der Waals surface area contributed by atoms with E-state index in [0.717, 1.165) is 0 Å². The van der Waals surface area contributed by atoms with Crippen LogP contribution in [0.1, 0.15) is 30.6 Å². The molecule has 0 radical (unpaired) electrons. The fraction of sp³-hybridized carbons (Fsp3) is 0.429. The lowest BCUT2D eigenvalue weighted by molar-refractivity contribution is -0.117. The molecule has 1 aromatic rings. The molecule has 0 spiro atoms. The standard InChI is InChI=1S/C14H20N2O3/c1-9(2)8-11(15)13(17)16-12-7-5-4-6-10(12)14(18)19-3/h4-7,9,11H,8,15H2,1-3H3,(H,16,17)/t11-/m0/s1. The molecule has 0 bridgehead atoms. The fourth-order valence-corrected chi connectivity index (χ4v) is 1.72. The van der Waals surface area contributed by atoms with Gasteiger partial charge in [-0.15, -0.1) is 0 Å². The summed E-state index contributed by atoms with van der Waals surface area (Å²) in [5, 5.41) is 2.67. The Bertz CT molecular complexity index is 458.